The predicted molar refractivity (Wildman–Crippen MR) is 159 cm³/mol. The van der Waals surface area contributed by atoms with Crippen LogP contribution < -0.4 is 4.74 Å². The van der Waals surface area contributed by atoms with Crippen molar-refractivity contribution >= 4 is 28.5 Å². The zero-order valence-corrected chi connectivity index (χ0v) is 23.6. The number of methoxy groups -OCH3 is 1. The second kappa shape index (κ2) is 13.9. The van der Waals surface area contributed by atoms with Gasteiger partial charge in [0.25, 0.3) is 0 Å². The third kappa shape index (κ3) is 7.25. The minimum absolute atomic E-state index is 0. The van der Waals surface area contributed by atoms with Crippen molar-refractivity contribution in [2.45, 2.75) is 51.4 Å². The van der Waals surface area contributed by atoms with Crippen LogP contribution in [0.4, 0.5) is 13.2 Å². The van der Waals surface area contributed by atoms with Crippen molar-refractivity contribution in [3.63, 3.8) is 0 Å². The number of carbonyl (C=O) groups is 1. The molecule has 0 spiro atoms. The number of aliphatic carboxylic acids is 1. The maximum absolute atomic E-state index is 12.5. The number of piperidine rings is 3. The summed E-state index contributed by atoms with van der Waals surface area (Å²) in [5.41, 5.74) is 1.94. The van der Waals surface area contributed by atoms with Crippen LogP contribution in [0.15, 0.2) is 67.4 Å². The van der Waals surface area contributed by atoms with E-state index in [0.29, 0.717) is 16.9 Å². The van der Waals surface area contributed by atoms with Gasteiger partial charge in [0.2, 0.25) is 0 Å². The molecule has 1 unspecified atom stereocenters. The first-order valence-electron chi connectivity index (χ1n) is 13.5. The third-order valence-electron chi connectivity index (χ3n) is 8.33. The van der Waals surface area contributed by atoms with Gasteiger partial charge in [0.05, 0.1) is 30.6 Å². The topological polar surface area (TPSA) is 82.9 Å². The number of alkyl halides is 3. The average molecular weight is 607 g/mol. The zero-order valence-electron chi connectivity index (χ0n) is 22.9. The molecule has 4 heterocycles. The molecule has 228 valence electrons. The summed E-state index contributed by atoms with van der Waals surface area (Å²) >= 11 is 5.60. The molecule has 3 aliphatic heterocycles. The number of carboxylic acids is 1. The number of nitrogens with zero attached hydrogens (tertiary/aromatic N) is 2. The molecule has 2 bridgehead atoms. The van der Waals surface area contributed by atoms with Gasteiger partial charge < -0.3 is 14.9 Å². The van der Waals surface area contributed by atoms with E-state index in [2.05, 4.69) is 22.5 Å². The van der Waals surface area contributed by atoms with Gasteiger partial charge in [-0.2, -0.15) is 13.2 Å². The van der Waals surface area contributed by atoms with Crippen LogP contribution in [0.5, 0.6) is 5.75 Å². The number of aromatic nitrogens is 1. The predicted octanol–water partition coefficient (Wildman–Crippen LogP) is 7.52. The van der Waals surface area contributed by atoms with Crippen molar-refractivity contribution in [1.82, 2.24) is 9.88 Å². The largest absolute Gasteiger partial charge is 0.497 e. The third-order valence-corrected chi connectivity index (χ3v) is 8.58. The second-order valence-electron chi connectivity index (χ2n) is 10.7. The maximum Gasteiger partial charge on any atom is 0.392 e. The minimum atomic E-state index is -4.55. The van der Waals surface area contributed by atoms with E-state index in [9.17, 15) is 23.1 Å². The van der Waals surface area contributed by atoms with Gasteiger partial charge in [0, 0.05) is 29.2 Å². The number of aliphatic hydroxyl groups is 1. The highest BCUT2D eigenvalue weighted by atomic mass is 35.5. The lowest BCUT2D eigenvalue weighted by atomic mass is 9.73. The first-order valence-corrected chi connectivity index (χ1v) is 13.8. The normalized spacial score (nSPS) is 23.5. The van der Waals surface area contributed by atoms with Gasteiger partial charge in [0.15, 0.2) is 0 Å². The van der Waals surface area contributed by atoms with Gasteiger partial charge in [-0.15, -0.1) is 6.58 Å². The molecule has 3 aromatic rings. The zero-order chi connectivity index (χ0) is 29.9. The molecule has 2 N–H and O–H groups in total. The molecule has 0 radical (unpaired) electrons. The molecule has 0 amide bonds. The molecule has 0 saturated carbocycles. The molecule has 3 fully saturated rings. The van der Waals surface area contributed by atoms with Crippen molar-refractivity contribution in [2.75, 3.05) is 20.2 Å². The van der Waals surface area contributed by atoms with E-state index in [1.54, 1.807) is 13.3 Å². The second-order valence-corrected chi connectivity index (χ2v) is 11.1. The number of rotatable bonds is 7. The molecule has 3 aliphatic rings. The van der Waals surface area contributed by atoms with Crippen LogP contribution in [-0.2, 0) is 4.79 Å². The monoisotopic (exact) mass is 606 g/mol. The highest BCUT2D eigenvalue weighted by Crippen LogP contribution is 2.42. The number of hydrogen-bond donors (Lipinski definition) is 2. The lowest BCUT2D eigenvalue weighted by Crippen LogP contribution is -2.54. The van der Waals surface area contributed by atoms with Crippen molar-refractivity contribution in [1.29, 1.82) is 0 Å². The Kier molecular flexibility index (Phi) is 11.0. The van der Waals surface area contributed by atoms with Crippen molar-refractivity contribution in [3.05, 3.63) is 83.5 Å². The number of halogens is 4. The molecule has 0 aliphatic carbocycles. The van der Waals surface area contributed by atoms with E-state index in [0.717, 1.165) is 48.6 Å². The number of ether oxygens (including phenoxy) is 1. The van der Waals surface area contributed by atoms with E-state index < -0.39 is 30.1 Å². The van der Waals surface area contributed by atoms with Crippen LogP contribution in [-0.4, -0.2) is 58.5 Å². The van der Waals surface area contributed by atoms with Gasteiger partial charge in [-0.1, -0.05) is 44.2 Å². The standard InChI is InChI=1S/C20H24N2O2.C11H10ClF3O2.CH4/c1-3-13-12-22-9-7-14(13)10-19(22)20(23)16-6-8-21-18-5-4-15(24-2)11-17(16)18;1-6(11(13,14)15)9(10(16)17)7-2-4-8(12)5-3-7;/h3-6,8,11,13-14,19-20,23H,1,7,9-10,12H2,2H3;2-6,9H,1H3,(H,16,17);1H4/t13-,14-,19+,20-;6-,9+;/m11./s1. The molecular weight excluding hydrogens is 569 g/mol. The van der Waals surface area contributed by atoms with Crippen LogP contribution in [0.2, 0.25) is 5.02 Å². The Balaban J connectivity index is 0.000000240. The van der Waals surface area contributed by atoms with Crippen LogP contribution in [0, 0.1) is 17.8 Å². The van der Waals surface area contributed by atoms with Crippen molar-refractivity contribution in [2.24, 2.45) is 17.8 Å². The van der Waals surface area contributed by atoms with Crippen LogP contribution in [0.1, 0.15) is 50.3 Å². The van der Waals surface area contributed by atoms with Gasteiger partial charge in [-0.05, 0) is 78.7 Å². The number of fused-ring (bicyclic) bond motifs is 4. The van der Waals surface area contributed by atoms with Gasteiger partial charge in [0.1, 0.15) is 5.75 Å². The molecule has 7 atom stereocenters. The summed E-state index contributed by atoms with van der Waals surface area (Å²) in [4.78, 5) is 17.8. The average Bonchev–Trinajstić information content (AvgIpc) is 2.97. The summed E-state index contributed by atoms with van der Waals surface area (Å²) < 4.78 is 43.0. The lowest BCUT2D eigenvalue weighted by molar-refractivity contribution is -0.183. The maximum atomic E-state index is 12.5. The Hall–Kier alpha value is -3.14. The SMILES string of the molecule is C.C=C[C@@H]1CN2CC[C@@H]1C[C@H]2[C@H](O)c1ccnc2ccc(OC)cc12.C[C@H]([C@H](C(=O)O)c1ccc(Cl)cc1)C(F)(F)F. The Bertz CT molecular complexity index is 1370. The number of aliphatic hydroxyl groups excluding tert-OH is 1. The lowest BCUT2D eigenvalue weighted by Gasteiger charge is -2.50. The summed E-state index contributed by atoms with van der Waals surface area (Å²) in [6.45, 7) is 6.92. The Morgan fingerprint density at radius 2 is 1.90 bits per heavy atom. The van der Waals surface area contributed by atoms with Gasteiger partial charge >= 0.3 is 12.1 Å². The molecule has 6 rings (SSSR count). The fraction of sp³-hybridized carbons (Fsp3) is 0.438. The molecule has 6 nitrogen and oxygen atoms in total. The number of pyridine rings is 1. The quantitative estimate of drug-likeness (QED) is 0.271. The Morgan fingerprint density at radius 3 is 2.45 bits per heavy atom. The van der Waals surface area contributed by atoms with Gasteiger partial charge in [-0.25, -0.2) is 0 Å². The summed E-state index contributed by atoms with van der Waals surface area (Å²) in [6.07, 6.45) is 1.07. The molecule has 42 heavy (non-hydrogen) atoms. The van der Waals surface area contributed by atoms with E-state index in [1.807, 2.05) is 24.3 Å². The fourth-order valence-electron chi connectivity index (χ4n) is 5.95. The van der Waals surface area contributed by atoms with E-state index in [-0.39, 0.29) is 19.0 Å². The summed E-state index contributed by atoms with van der Waals surface area (Å²) in [6, 6.07) is 13.3. The Morgan fingerprint density at radius 1 is 1.21 bits per heavy atom. The van der Waals surface area contributed by atoms with E-state index in [4.69, 9.17) is 21.4 Å². The molecule has 10 heteroatoms. The molecule has 3 saturated heterocycles. The first kappa shape index (κ1) is 33.4. The smallest absolute Gasteiger partial charge is 0.392 e. The van der Waals surface area contributed by atoms with Crippen molar-refractivity contribution in [3.8, 4) is 5.75 Å². The fourth-order valence-corrected chi connectivity index (χ4v) is 6.07. The van der Waals surface area contributed by atoms with E-state index in [1.165, 1.54) is 30.7 Å². The molecule has 1 aromatic heterocycles. The summed E-state index contributed by atoms with van der Waals surface area (Å²) in [5.74, 6) is -3.07. The molecular formula is C32H38ClF3N2O4. The summed E-state index contributed by atoms with van der Waals surface area (Å²) in [5, 5.41) is 21.4. The highest BCUT2D eigenvalue weighted by molar-refractivity contribution is 6.30. The van der Waals surface area contributed by atoms with Crippen LogP contribution in [0.25, 0.3) is 10.9 Å². The Labute approximate surface area is 249 Å². The molecule has 2 aromatic carbocycles. The first-order chi connectivity index (χ1) is 19.4. The number of carboxylic acid groups (broad SMARTS) is 1. The van der Waals surface area contributed by atoms with Crippen molar-refractivity contribution < 1.29 is 32.9 Å². The minimum Gasteiger partial charge on any atom is -0.497 e. The number of hydrogen-bond acceptors (Lipinski definition) is 5. The van der Waals surface area contributed by atoms with E-state index >= 15 is 0 Å². The van der Waals surface area contributed by atoms with Crippen LogP contribution >= 0.6 is 11.6 Å². The van der Waals surface area contributed by atoms with Crippen LogP contribution in [0.3, 0.4) is 0 Å². The number of benzene rings is 2. The highest BCUT2D eigenvalue weighted by Gasteiger charge is 2.45. The van der Waals surface area contributed by atoms with Gasteiger partial charge in [-0.3, -0.25) is 14.7 Å². The summed E-state index contributed by atoms with van der Waals surface area (Å²) in [7, 11) is 1.66.